The van der Waals surface area contributed by atoms with Crippen molar-refractivity contribution in [3.63, 3.8) is 0 Å². The zero-order valence-electron chi connectivity index (χ0n) is 24.0. The fraction of sp³-hybridized carbons (Fsp3) is 0.727. The van der Waals surface area contributed by atoms with E-state index in [4.69, 9.17) is 9.84 Å². The van der Waals surface area contributed by atoms with Crippen LogP contribution in [0.4, 0.5) is 0 Å². The van der Waals surface area contributed by atoms with Crippen LogP contribution in [0.5, 0.6) is 0 Å². The van der Waals surface area contributed by atoms with Gasteiger partial charge >= 0.3 is 11.9 Å². The van der Waals surface area contributed by atoms with Gasteiger partial charge in [0.25, 0.3) is 12.3 Å². The molecular weight excluding hydrogens is 667 g/mol. The van der Waals surface area contributed by atoms with Gasteiger partial charge in [0.2, 0.25) is 0 Å². The minimum absolute atomic E-state index is 0.000000000000000222. The second kappa shape index (κ2) is 39.5. The molecular formula is C22H53N2O6P9. The van der Waals surface area contributed by atoms with Crippen molar-refractivity contribution in [1.29, 1.82) is 0 Å². The molecule has 7 unspecified atom stereocenters. The number of rotatable bonds is 8. The third kappa shape index (κ3) is 44.1. The number of ether oxygens (including phenoxy) is 1. The van der Waals surface area contributed by atoms with Gasteiger partial charge in [-0.2, -0.15) is 0 Å². The van der Waals surface area contributed by atoms with Crippen molar-refractivity contribution < 1.29 is 29.0 Å². The molecule has 232 valence electrons. The number of nitrogens with zero attached hydrogens (tertiary/aromatic N) is 2. The van der Waals surface area contributed by atoms with Crippen LogP contribution in [0.1, 0.15) is 73.1 Å². The smallest absolute Gasteiger partial charge is 0.309 e. The molecule has 0 bridgehead atoms. The minimum atomic E-state index is -0.614. The summed E-state index contributed by atoms with van der Waals surface area (Å²) >= 11 is 0. The van der Waals surface area contributed by atoms with Crippen molar-refractivity contribution >= 4 is 102 Å². The number of hydrogen-bond acceptors (Lipinski definition) is 5. The monoisotopic (exact) mass is 720 g/mol. The van der Waals surface area contributed by atoms with Gasteiger partial charge in [-0.05, 0) is 45.0 Å². The van der Waals surface area contributed by atoms with E-state index in [1.54, 1.807) is 6.92 Å². The SMILES string of the molecule is C=CCC.CCC(=O)N=NC=O.CCOC(=O)[C@@H]1C[C@H]1CC.CC[C@@H]1C[C@H]1C(=O)O.PP.PP(P)P.PPP. The van der Waals surface area contributed by atoms with Gasteiger partial charge in [0.1, 0.15) is 0 Å². The molecule has 2 rings (SSSR count). The molecule has 2 saturated carbocycles. The lowest BCUT2D eigenvalue weighted by Gasteiger charge is -1.97. The molecule has 0 aromatic heterocycles. The van der Waals surface area contributed by atoms with E-state index >= 15 is 0 Å². The average molecular weight is 720 g/mol. The van der Waals surface area contributed by atoms with Gasteiger partial charge < -0.3 is 9.84 Å². The summed E-state index contributed by atoms with van der Waals surface area (Å²) < 4.78 is 4.86. The first-order valence-corrected chi connectivity index (χ1v) is 25.8. The van der Waals surface area contributed by atoms with Crippen LogP contribution in [0.15, 0.2) is 22.9 Å². The first-order chi connectivity index (χ1) is 18.4. The van der Waals surface area contributed by atoms with Crippen molar-refractivity contribution in [2.75, 3.05) is 6.61 Å². The quantitative estimate of drug-likeness (QED) is 0.0882. The Morgan fingerprint density at radius 3 is 1.59 bits per heavy atom. The Bertz CT molecular complexity index is 644. The van der Waals surface area contributed by atoms with E-state index in [2.05, 4.69) is 93.2 Å². The molecule has 0 radical (unpaired) electrons. The van der Waals surface area contributed by atoms with E-state index in [1.807, 2.05) is 19.9 Å². The molecule has 2 fully saturated rings. The molecule has 2 aliphatic rings. The van der Waals surface area contributed by atoms with Gasteiger partial charge in [-0.3, -0.25) is 19.2 Å². The van der Waals surface area contributed by atoms with Crippen molar-refractivity contribution in [3.05, 3.63) is 12.7 Å². The summed E-state index contributed by atoms with van der Waals surface area (Å²) in [7, 11) is 18.7. The predicted octanol–water partition coefficient (Wildman–Crippen LogP) is 8.56. The summed E-state index contributed by atoms with van der Waals surface area (Å²) in [6.45, 7) is 13.8. The van der Waals surface area contributed by atoms with Gasteiger partial charge in [-0.25, -0.2) is 0 Å². The molecule has 2 aliphatic carbocycles. The molecule has 1 N–H and O–H groups in total. The van der Waals surface area contributed by atoms with Gasteiger partial charge in [-0.1, -0.05) is 54.6 Å². The molecule has 39 heavy (non-hydrogen) atoms. The van der Waals surface area contributed by atoms with Crippen LogP contribution >= 0.6 is 77.4 Å². The first kappa shape index (κ1) is 50.1. The van der Waals surface area contributed by atoms with Gasteiger partial charge in [-0.15, -0.1) is 79.3 Å². The molecule has 11 atom stereocenters. The highest BCUT2D eigenvalue weighted by atomic mass is 32.7. The molecule has 0 heterocycles. The molecule has 0 aromatic carbocycles. The van der Waals surface area contributed by atoms with Crippen LogP contribution in [0, 0.1) is 23.7 Å². The first-order valence-electron chi connectivity index (χ1n) is 12.3. The highest BCUT2D eigenvalue weighted by molar-refractivity contribution is 8.65. The Morgan fingerprint density at radius 1 is 1.00 bits per heavy atom. The van der Waals surface area contributed by atoms with Crippen LogP contribution in [0.25, 0.3) is 0 Å². The maximum absolute atomic E-state index is 11.0. The van der Waals surface area contributed by atoms with E-state index < -0.39 is 5.97 Å². The number of aliphatic carboxylic acids is 1. The topological polar surface area (TPSA) is 122 Å². The van der Waals surface area contributed by atoms with Crippen LogP contribution in [-0.4, -0.2) is 36.0 Å². The number of amides is 2. The molecule has 0 spiro atoms. The highest BCUT2D eigenvalue weighted by Gasteiger charge is 2.42. The van der Waals surface area contributed by atoms with Crippen LogP contribution in [-0.2, 0) is 23.9 Å². The predicted molar refractivity (Wildman–Crippen MR) is 198 cm³/mol. The van der Waals surface area contributed by atoms with Crippen molar-refractivity contribution in [1.82, 2.24) is 0 Å². The molecule has 0 saturated heterocycles. The van der Waals surface area contributed by atoms with Crippen molar-refractivity contribution in [2.45, 2.75) is 73.1 Å². The normalized spacial score (nSPS) is 18.9. The largest absolute Gasteiger partial charge is 0.481 e. The average Bonchev–Trinajstić information content (AvgIpc) is 3.83. The summed E-state index contributed by atoms with van der Waals surface area (Å²) in [6.07, 6.45) is 7.58. The maximum Gasteiger partial charge on any atom is 0.309 e. The zero-order valence-corrected chi connectivity index (χ0v) is 34.0. The van der Waals surface area contributed by atoms with Gasteiger partial charge in [0.05, 0.1) is 18.4 Å². The zero-order chi connectivity index (χ0) is 31.8. The molecule has 0 aromatic rings. The van der Waals surface area contributed by atoms with Gasteiger partial charge in [0, 0.05) is 6.42 Å². The Morgan fingerprint density at radius 2 is 1.38 bits per heavy atom. The van der Waals surface area contributed by atoms with E-state index in [9.17, 15) is 19.2 Å². The van der Waals surface area contributed by atoms with Crippen LogP contribution in [0.3, 0.4) is 0 Å². The Kier molecular flexibility index (Phi) is 50.8. The number of azo groups is 1. The summed E-state index contributed by atoms with van der Waals surface area (Å²) in [5.41, 5.74) is 0. The number of carbonyl (C=O) groups is 4. The summed E-state index contributed by atoms with van der Waals surface area (Å²) in [5.74, 6) is 0.375. The van der Waals surface area contributed by atoms with E-state index in [-0.39, 0.29) is 43.5 Å². The Balaban J connectivity index is -0.000000123. The Hall–Kier alpha value is 1.49. The van der Waals surface area contributed by atoms with Crippen LogP contribution in [0.2, 0.25) is 0 Å². The van der Waals surface area contributed by atoms with E-state index in [0.717, 1.165) is 40.1 Å². The number of hydrogen-bond donors (Lipinski definition) is 1. The number of esters is 1. The van der Waals surface area contributed by atoms with Crippen LogP contribution < -0.4 is 0 Å². The second-order valence-electron chi connectivity index (χ2n) is 7.49. The lowest BCUT2D eigenvalue weighted by molar-refractivity contribution is -0.145. The minimum Gasteiger partial charge on any atom is -0.481 e. The number of carboxylic acids is 1. The second-order valence-corrected chi connectivity index (χ2v) is 23.5. The third-order valence-electron chi connectivity index (χ3n) is 4.61. The number of allylic oxidation sites excluding steroid dienone is 1. The summed E-state index contributed by atoms with van der Waals surface area (Å²) in [6, 6.07) is 0. The summed E-state index contributed by atoms with van der Waals surface area (Å²) in [5, 5.41) is 14.2. The fourth-order valence-corrected chi connectivity index (χ4v) is 2.40. The fourth-order valence-electron chi connectivity index (χ4n) is 2.40. The lowest BCUT2D eigenvalue weighted by atomic mass is 10.2. The number of carbonyl (C=O) groups excluding carboxylic acids is 3. The molecule has 0 aliphatic heterocycles. The third-order valence-corrected chi connectivity index (χ3v) is 4.61. The Labute approximate surface area is 256 Å². The molecule has 17 heteroatoms. The van der Waals surface area contributed by atoms with E-state index in [0.29, 0.717) is 18.4 Å². The summed E-state index contributed by atoms with van der Waals surface area (Å²) in [4.78, 5) is 40.6. The standard InChI is InChI=1S/C8H14O2.C6H10O2.C4H6N2O2.C4H8.H6P4.H5P3.H4P2/c1-3-6-5-7(6)8(9)10-4-2;1-2-4-3-5(4)6(7)8;1-2-4(8)6-5-3-7;1-3-4-2;1-4(2)3;1-3-2;1-2/h6-7H,3-5H2,1-2H3;4-5H,2-3H2,1H3,(H,7,8);3H,2H2,1H3;3H,1,4H2,2H3;1-3H2;3H,1-2H2;1-2H2/t6-,7-;4-,5-;;;;;/m11...../s1. The van der Waals surface area contributed by atoms with Crippen molar-refractivity contribution in [2.24, 2.45) is 33.9 Å². The molecule has 8 nitrogen and oxygen atoms in total. The molecule has 2 amide bonds. The van der Waals surface area contributed by atoms with E-state index in [1.165, 1.54) is 0 Å². The maximum atomic E-state index is 11.0. The van der Waals surface area contributed by atoms with Gasteiger partial charge in [0.15, 0.2) is 0 Å². The highest BCUT2D eigenvalue weighted by Crippen LogP contribution is 2.59. The lowest BCUT2D eigenvalue weighted by Crippen LogP contribution is -2.07. The van der Waals surface area contributed by atoms with Crippen molar-refractivity contribution in [3.8, 4) is 0 Å². The number of carboxylic acid groups (broad SMARTS) is 1.